The number of rotatable bonds is 2. The minimum absolute atomic E-state index is 0.0791. The molecule has 0 aliphatic rings. The molecule has 0 aliphatic heterocycles. The topological polar surface area (TPSA) is 12.0 Å². The van der Waals surface area contributed by atoms with Crippen LogP contribution >= 0.6 is 11.6 Å². The van der Waals surface area contributed by atoms with Crippen LogP contribution in [0, 0.1) is 11.6 Å². The van der Waals surface area contributed by atoms with Crippen molar-refractivity contribution in [1.29, 1.82) is 0 Å². The van der Waals surface area contributed by atoms with Crippen LogP contribution in [0.3, 0.4) is 0 Å². The van der Waals surface area contributed by atoms with Crippen molar-refractivity contribution >= 4 is 17.3 Å². The number of halogens is 3. The summed E-state index contributed by atoms with van der Waals surface area (Å²) in [6, 6.07) is 2.09. The Morgan fingerprint density at radius 3 is 2.38 bits per heavy atom. The van der Waals surface area contributed by atoms with E-state index in [9.17, 15) is 8.78 Å². The molecule has 1 nitrogen and oxygen atoms in total. The third-order valence-corrected chi connectivity index (χ3v) is 1.74. The molecule has 1 aromatic rings. The number of hydrogen-bond donors (Lipinski definition) is 1. The Labute approximate surface area is 80.7 Å². The van der Waals surface area contributed by atoms with Crippen LogP contribution in [0.5, 0.6) is 0 Å². The average molecular weight is 206 g/mol. The molecular weight excluding hydrogens is 196 g/mol. The van der Waals surface area contributed by atoms with Crippen LogP contribution in [0.2, 0.25) is 5.02 Å². The lowest BCUT2D eigenvalue weighted by atomic mass is 10.2. The van der Waals surface area contributed by atoms with Gasteiger partial charge in [0, 0.05) is 12.1 Å². The normalized spacial score (nSPS) is 10.6. The van der Waals surface area contributed by atoms with Crippen LogP contribution in [0.4, 0.5) is 14.5 Å². The first kappa shape index (κ1) is 10.3. The standard InChI is InChI=1S/C9H10ClF2N/c1-5(2)13-9-3-6(10)7(11)4-8(9)12/h3-5,13H,1-2H3. The van der Waals surface area contributed by atoms with Gasteiger partial charge in [-0.1, -0.05) is 11.6 Å². The van der Waals surface area contributed by atoms with Crippen LogP contribution in [-0.2, 0) is 0 Å². The second-order valence-electron chi connectivity index (χ2n) is 3.05. The third kappa shape index (κ3) is 2.56. The van der Waals surface area contributed by atoms with E-state index in [0.29, 0.717) is 0 Å². The van der Waals surface area contributed by atoms with E-state index < -0.39 is 11.6 Å². The summed E-state index contributed by atoms with van der Waals surface area (Å²) in [5, 5.41) is 2.74. The Morgan fingerprint density at radius 1 is 1.23 bits per heavy atom. The molecule has 0 unspecified atom stereocenters. The molecule has 0 atom stereocenters. The van der Waals surface area contributed by atoms with Crippen LogP contribution in [0.1, 0.15) is 13.8 Å². The van der Waals surface area contributed by atoms with Gasteiger partial charge in [-0.2, -0.15) is 0 Å². The predicted molar refractivity (Wildman–Crippen MR) is 50.1 cm³/mol. The van der Waals surface area contributed by atoms with Crippen molar-refractivity contribution in [2.24, 2.45) is 0 Å². The fraction of sp³-hybridized carbons (Fsp3) is 0.333. The van der Waals surface area contributed by atoms with Gasteiger partial charge in [0.15, 0.2) is 0 Å². The Morgan fingerprint density at radius 2 is 1.85 bits per heavy atom. The quantitative estimate of drug-likeness (QED) is 0.730. The Hall–Kier alpha value is -0.830. The molecule has 1 rings (SSSR count). The highest BCUT2D eigenvalue weighted by atomic mass is 35.5. The van der Waals surface area contributed by atoms with E-state index in [2.05, 4.69) is 5.32 Å². The van der Waals surface area contributed by atoms with Crippen LogP contribution in [-0.4, -0.2) is 6.04 Å². The van der Waals surface area contributed by atoms with Gasteiger partial charge < -0.3 is 5.32 Å². The van der Waals surface area contributed by atoms with Crippen molar-refractivity contribution in [2.75, 3.05) is 5.32 Å². The molecule has 72 valence electrons. The lowest BCUT2D eigenvalue weighted by molar-refractivity contribution is 0.584. The molecule has 1 aromatic carbocycles. The maximum Gasteiger partial charge on any atom is 0.149 e. The molecule has 0 heterocycles. The minimum atomic E-state index is -0.742. The molecule has 1 N–H and O–H groups in total. The molecule has 0 saturated heterocycles. The maximum absolute atomic E-state index is 13.0. The van der Waals surface area contributed by atoms with Gasteiger partial charge in [0.1, 0.15) is 11.6 Å². The molecule has 0 bridgehead atoms. The zero-order valence-corrected chi connectivity index (χ0v) is 8.12. The van der Waals surface area contributed by atoms with Crippen molar-refractivity contribution in [3.63, 3.8) is 0 Å². The second-order valence-corrected chi connectivity index (χ2v) is 3.45. The average Bonchev–Trinajstić information content (AvgIpc) is 1.99. The van der Waals surface area contributed by atoms with E-state index in [1.165, 1.54) is 6.07 Å². The summed E-state index contributed by atoms with van der Waals surface area (Å²) in [4.78, 5) is 0. The summed E-state index contributed by atoms with van der Waals surface area (Å²) in [6.45, 7) is 3.72. The van der Waals surface area contributed by atoms with Crippen molar-refractivity contribution < 1.29 is 8.78 Å². The van der Waals surface area contributed by atoms with Crippen molar-refractivity contribution in [3.05, 3.63) is 28.8 Å². The Kier molecular flexibility index (Phi) is 3.09. The molecule has 0 aromatic heterocycles. The molecular formula is C9H10ClF2N. The highest BCUT2D eigenvalue weighted by molar-refractivity contribution is 6.31. The summed E-state index contributed by atoms with van der Waals surface area (Å²) in [7, 11) is 0. The zero-order valence-electron chi connectivity index (χ0n) is 7.37. The number of benzene rings is 1. The Balaban J connectivity index is 3.01. The number of nitrogens with one attached hydrogen (secondary N) is 1. The van der Waals surface area contributed by atoms with Gasteiger partial charge in [-0.25, -0.2) is 8.78 Å². The third-order valence-electron chi connectivity index (χ3n) is 1.45. The van der Waals surface area contributed by atoms with Gasteiger partial charge in [0.2, 0.25) is 0 Å². The summed E-state index contributed by atoms with van der Waals surface area (Å²) < 4.78 is 25.7. The molecule has 0 fully saturated rings. The minimum Gasteiger partial charge on any atom is -0.380 e. The molecule has 0 radical (unpaired) electrons. The summed E-state index contributed by atoms with van der Waals surface area (Å²) in [5.41, 5.74) is 0.224. The molecule has 0 aliphatic carbocycles. The SMILES string of the molecule is CC(C)Nc1cc(Cl)c(F)cc1F. The smallest absolute Gasteiger partial charge is 0.149 e. The number of anilines is 1. The zero-order chi connectivity index (χ0) is 10.0. The van der Waals surface area contributed by atoms with Gasteiger partial charge >= 0.3 is 0 Å². The van der Waals surface area contributed by atoms with Crippen molar-refractivity contribution in [1.82, 2.24) is 0 Å². The Bertz CT molecular complexity index is 313. The lowest BCUT2D eigenvalue weighted by Gasteiger charge is -2.11. The molecule has 13 heavy (non-hydrogen) atoms. The fourth-order valence-corrected chi connectivity index (χ4v) is 1.11. The highest BCUT2D eigenvalue weighted by Gasteiger charge is 2.08. The first-order chi connectivity index (χ1) is 6.00. The fourth-order valence-electron chi connectivity index (χ4n) is 0.944. The van der Waals surface area contributed by atoms with Crippen LogP contribution < -0.4 is 5.32 Å². The van der Waals surface area contributed by atoms with E-state index in [0.717, 1.165) is 6.07 Å². The molecule has 4 heteroatoms. The van der Waals surface area contributed by atoms with Gasteiger partial charge in [-0.15, -0.1) is 0 Å². The first-order valence-electron chi connectivity index (χ1n) is 3.92. The van der Waals surface area contributed by atoms with E-state index >= 15 is 0 Å². The van der Waals surface area contributed by atoms with Gasteiger partial charge in [-0.05, 0) is 19.9 Å². The summed E-state index contributed by atoms with van der Waals surface area (Å²) >= 11 is 5.49. The van der Waals surface area contributed by atoms with E-state index in [1.54, 1.807) is 0 Å². The largest absolute Gasteiger partial charge is 0.380 e. The monoisotopic (exact) mass is 205 g/mol. The van der Waals surface area contributed by atoms with Crippen LogP contribution in [0.25, 0.3) is 0 Å². The van der Waals surface area contributed by atoms with E-state index in [-0.39, 0.29) is 16.8 Å². The van der Waals surface area contributed by atoms with Crippen LogP contribution in [0.15, 0.2) is 12.1 Å². The van der Waals surface area contributed by atoms with E-state index in [1.807, 2.05) is 13.8 Å². The number of hydrogen-bond acceptors (Lipinski definition) is 1. The lowest BCUT2D eigenvalue weighted by Crippen LogP contribution is -2.11. The summed E-state index contributed by atoms with van der Waals surface area (Å²) in [5.74, 6) is -1.37. The van der Waals surface area contributed by atoms with Crippen molar-refractivity contribution in [3.8, 4) is 0 Å². The van der Waals surface area contributed by atoms with Crippen molar-refractivity contribution in [2.45, 2.75) is 19.9 Å². The van der Waals surface area contributed by atoms with Gasteiger partial charge in [0.05, 0.1) is 10.7 Å². The molecule has 0 saturated carbocycles. The molecule has 0 amide bonds. The molecule has 0 spiro atoms. The second kappa shape index (κ2) is 3.92. The predicted octanol–water partition coefficient (Wildman–Crippen LogP) is 3.44. The van der Waals surface area contributed by atoms with Gasteiger partial charge in [-0.3, -0.25) is 0 Å². The summed E-state index contributed by atoms with van der Waals surface area (Å²) in [6.07, 6.45) is 0. The maximum atomic E-state index is 13.0. The highest BCUT2D eigenvalue weighted by Crippen LogP contribution is 2.23. The van der Waals surface area contributed by atoms with E-state index in [4.69, 9.17) is 11.6 Å². The van der Waals surface area contributed by atoms with Gasteiger partial charge in [0.25, 0.3) is 0 Å². The first-order valence-corrected chi connectivity index (χ1v) is 4.29.